The maximum atomic E-state index is 2.12. The maximum absolute atomic E-state index is 2.12. The molecule has 0 aromatic rings. The molecule has 0 aromatic heterocycles. The van der Waals surface area contributed by atoms with E-state index in [0.717, 1.165) is 12.8 Å². The van der Waals surface area contributed by atoms with E-state index in [0.29, 0.717) is 0 Å². The second-order valence-corrected chi connectivity index (χ2v) is 2.18. The number of rotatable bonds is 0. The van der Waals surface area contributed by atoms with Crippen LogP contribution in [-0.4, -0.2) is 37.7 Å². The van der Waals surface area contributed by atoms with Crippen molar-refractivity contribution in [2.24, 2.45) is 0 Å². The van der Waals surface area contributed by atoms with Gasteiger partial charge in [-0.2, -0.15) is 0 Å². The van der Waals surface area contributed by atoms with Gasteiger partial charge in [0.2, 0.25) is 0 Å². The van der Waals surface area contributed by atoms with Crippen molar-refractivity contribution in [3.05, 3.63) is 48.6 Å². The van der Waals surface area contributed by atoms with Crippen LogP contribution in [0.25, 0.3) is 0 Å². The van der Waals surface area contributed by atoms with Gasteiger partial charge in [0.05, 0.1) is 0 Å². The minimum atomic E-state index is 0. The predicted octanol–water partition coefficient (Wildman–Crippen LogP) is 2.62. The Kier molecular flexibility index (Phi) is 8.48. The number of hydrogen-bond acceptors (Lipinski definition) is 0. The van der Waals surface area contributed by atoms with Crippen molar-refractivity contribution < 1.29 is 0 Å². The predicted molar refractivity (Wildman–Crippen MR) is 51.5 cm³/mol. The first-order chi connectivity index (χ1) is 5.00. The van der Waals surface area contributed by atoms with Crippen molar-refractivity contribution in [1.82, 2.24) is 0 Å². The zero-order valence-electron chi connectivity index (χ0n) is 6.74. The minimum Gasteiger partial charge on any atom is -0.0808 e. The Morgan fingerprint density at radius 1 is 0.545 bits per heavy atom. The van der Waals surface area contributed by atoms with E-state index in [1.807, 2.05) is 0 Å². The second-order valence-electron chi connectivity index (χ2n) is 2.18. The molecule has 0 bridgehead atoms. The summed E-state index contributed by atoms with van der Waals surface area (Å²) in [5, 5.41) is 0. The van der Waals surface area contributed by atoms with Crippen molar-refractivity contribution in [3.63, 3.8) is 0 Å². The molecular weight excluding hydrogens is 160 g/mol. The molecule has 2 aliphatic carbocycles. The third-order valence-corrected chi connectivity index (χ3v) is 1.31. The van der Waals surface area contributed by atoms with Crippen molar-refractivity contribution in [2.45, 2.75) is 12.8 Å². The summed E-state index contributed by atoms with van der Waals surface area (Å²) in [6.45, 7) is 0. The van der Waals surface area contributed by atoms with Crippen LogP contribution in [0, 0.1) is 0 Å². The summed E-state index contributed by atoms with van der Waals surface area (Å²) in [7, 11) is 0. The Morgan fingerprint density at radius 3 is 0.909 bits per heavy atom. The van der Waals surface area contributed by atoms with Gasteiger partial charge in [-0.15, -0.1) is 0 Å². The van der Waals surface area contributed by atoms with E-state index in [1.54, 1.807) is 0 Å². The summed E-state index contributed by atoms with van der Waals surface area (Å²) >= 11 is 0. The van der Waals surface area contributed by atoms with Gasteiger partial charge in [-0.1, -0.05) is 48.6 Å². The zero-order valence-corrected chi connectivity index (χ0v) is 8.95. The first-order valence-corrected chi connectivity index (χ1v) is 3.63. The van der Waals surface area contributed by atoms with Gasteiger partial charge in [-0.25, -0.2) is 0 Å². The molecule has 0 fully saturated rings. The number of allylic oxidation sites excluding steroid dienone is 8. The first kappa shape index (κ1) is 11.2. The van der Waals surface area contributed by atoms with E-state index >= 15 is 0 Å². The Morgan fingerprint density at radius 2 is 0.818 bits per heavy atom. The van der Waals surface area contributed by atoms with Crippen LogP contribution >= 0.6 is 0 Å². The van der Waals surface area contributed by atoms with E-state index < -0.39 is 0 Å². The van der Waals surface area contributed by atoms with Crippen LogP contribution in [0.5, 0.6) is 0 Å². The van der Waals surface area contributed by atoms with Crippen LogP contribution in [0.3, 0.4) is 0 Å². The fourth-order valence-corrected chi connectivity index (χ4v) is 0.786. The largest absolute Gasteiger partial charge is 0.0808 e. The second kappa shape index (κ2) is 8.32. The Labute approximate surface area is 98.4 Å². The molecule has 0 unspecified atom stereocenters. The molecule has 1 heteroatoms. The molecule has 0 saturated carbocycles. The van der Waals surface area contributed by atoms with Crippen molar-refractivity contribution in [1.29, 1.82) is 0 Å². The van der Waals surface area contributed by atoms with Crippen molar-refractivity contribution in [2.75, 3.05) is 0 Å². The summed E-state index contributed by atoms with van der Waals surface area (Å²) in [5.41, 5.74) is 0. The van der Waals surface area contributed by atoms with E-state index in [9.17, 15) is 0 Å². The van der Waals surface area contributed by atoms with Crippen LogP contribution in [-0.2, 0) is 0 Å². The smallest absolute Gasteiger partial charge is 0 e. The molecule has 0 saturated heterocycles. The van der Waals surface area contributed by atoms with Gasteiger partial charge in [0.25, 0.3) is 0 Å². The molecule has 0 atom stereocenters. The molecule has 2 aliphatic rings. The molecule has 0 heterocycles. The average molecular weight is 172 g/mol. The Hall–Kier alpha value is 0.220. The average Bonchev–Trinajstić information content (AvgIpc) is 2.67. The van der Waals surface area contributed by atoms with Crippen LogP contribution in [0.1, 0.15) is 12.8 Å². The molecule has 0 nitrogen and oxygen atoms in total. The maximum Gasteiger partial charge on any atom is 0 e. The monoisotopic (exact) mass is 172 g/mol. The normalized spacial score (nSPS) is 16.0. The molecule has 0 spiro atoms. The van der Waals surface area contributed by atoms with Gasteiger partial charge in [-0.3, -0.25) is 0 Å². The summed E-state index contributed by atoms with van der Waals surface area (Å²) in [5.74, 6) is 0. The standard InChI is InChI=1S/2C5H6.Ca/c2*1-2-4-5-3-1;/h2*1-4H,5H2;. The molecule has 0 amide bonds. The molecule has 0 aliphatic heterocycles. The van der Waals surface area contributed by atoms with Crippen molar-refractivity contribution in [3.8, 4) is 0 Å². The summed E-state index contributed by atoms with van der Waals surface area (Å²) < 4.78 is 0. The topological polar surface area (TPSA) is 0 Å². The van der Waals surface area contributed by atoms with Crippen LogP contribution in [0.2, 0.25) is 0 Å². The quantitative estimate of drug-likeness (QED) is 0.493. The molecular formula is C10H12Ca. The zero-order chi connectivity index (χ0) is 7.07. The third-order valence-electron chi connectivity index (χ3n) is 1.31. The summed E-state index contributed by atoms with van der Waals surface area (Å²) in [6, 6.07) is 0. The van der Waals surface area contributed by atoms with Gasteiger partial charge in [0, 0.05) is 37.7 Å². The molecule has 2 radical (unpaired) electrons. The SMILES string of the molecule is C1=CCC=C1.C1=CCC=C1.[Ca]. The molecule has 0 N–H and O–H groups in total. The van der Waals surface area contributed by atoms with Gasteiger partial charge in [-0.05, 0) is 12.8 Å². The minimum absolute atomic E-state index is 0. The first-order valence-electron chi connectivity index (χ1n) is 3.63. The van der Waals surface area contributed by atoms with E-state index in [4.69, 9.17) is 0 Å². The van der Waals surface area contributed by atoms with Crippen LogP contribution in [0.15, 0.2) is 48.6 Å². The molecule has 0 aromatic carbocycles. The van der Waals surface area contributed by atoms with Gasteiger partial charge in [0.1, 0.15) is 0 Å². The third kappa shape index (κ3) is 6.61. The van der Waals surface area contributed by atoms with Gasteiger partial charge >= 0.3 is 0 Å². The molecule has 2 rings (SSSR count). The Balaban J connectivity index is 0.000000167. The fourth-order valence-electron chi connectivity index (χ4n) is 0.786. The van der Waals surface area contributed by atoms with Gasteiger partial charge < -0.3 is 0 Å². The van der Waals surface area contributed by atoms with E-state index in [-0.39, 0.29) is 37.7 Å². The Bertz CT molecular complexity index is 143. The van der Waals surface area contributed by atoms with E-state index in [2.05, 4.69) is 48.6 Å². The summed E-state index contributed by atoms with van der Waals surface area (Å²) in [6.07, 6.45) is 19.0. The molecule has 11 heavy (non-hydrogen) atoms. The van der Waals surface area contributed by atoms with Crippen LogP contribution in [0.4, 0.5) is 0 Å². The molecule has 54 valence electrons. The van der Waals surface area contributed by atoms with Crippen LogP contribution < -0.4 is 0 Å². The van der Waals surface area contributed by atoms with E-state index in [1.165, 1.54) is 0 Å². The summed E-state index contributed by atoms with van der Waals surface area (Å²) in [4.78, 5) is 0. The van der Waals surface area contributed by atoms with Crippen molar-refractivity contribution >= 4 is 37.7 Å². The van der Waals surface area contributed by atoms with Gasteiger partial charge in [0.15, 0.2) is 0 Å². The number of hydrogen-bond donors (Lipinski definition) is 0. The fraction of sp³-hybridized carbons (Fsp3) is 0.200.